The molecule has 0 bridgehead atoms. The molecule has 3 rings (SSSR count). The van der Waals surface area contributed by atoms with Gasteiger partial charge in [0.2, 0.25) is 11.0 Å². The maximum atomic E-state index is 12.2. The lowest BCUT2D eigenvalue weighted by atomic mass is 10.1. The largest absolute Gasteiger partial charge is 0.497 e. The zero-order valence-corrected chi connectivity index (χ0v) is 16.0. The number of rotatable bonds is 7. The summed E-state index contributed by atoms with van der Waals surface area (Å²) in [5.74, 6) is 2.33. The molecule has 0 atom stereocenters. The zero-order chi connectivity index (χ0) is 19.2. The van der Waals surface area contributed by atoms with Crippen LogP contribution in [0, 0.1) is 0 Å². The van der Waals surface area contributed by atoms with Crippen molar-refractivity contribution < 1.29 is 19.0 Å². The molecule has 140 valence electrons. The molecule has 0 spiro atoms. The summed E-state index contributed by atoms with van der Waals surface area (Å²) >= 11 is 1.13. The maximum Gasteiger partial charge on any atom is 0.230 e. The molecule has 0 aliphatic carbocycles. The minimum Gasteiger partial charge on any atom is -0.497 e. The third kappa shape index (κ3) is 4.53. The molecule has 0 aliphatic heterocycles. The Hall–Kier alpha value is -3.13. The number of anilines is 1. The van der Waals surface area contributed by atoms with Crippen molar-refractivity contribution >= 4 is 22.6 Å². The lowest BCUT2D eigenvalue weighted by molar-refractivity contribution is -0.115. The molecule has 0 radical (unpaired) electrons. The molecule has 7 nitrogen and oxygen atoms in total. The SMILES string of the molecule is COc1ccc(CC(=O)Nc2nc(-c3ccc(OC)c(OC)c3)ns2)cc1. The monoisotopic (exact) mass is 385 g/mol. The number of ether oxygens (including phenoxy) is 3. The highest BCUT2D eigenvalue weighted by Crippen LogP contribution is 2.32. The number of carbonyl (C=O) groups is 1. The summed E-state index contributed by atoms with van der Waals surface area (Å²) in [6, 6.07) is 12.8. The molecule has 0 aliphatic rings. The Kier molecular flexibility index (Phi) is 5.87. The van der Waals surface area contributed by atoms with Crippen molar-refractivity contribution in [1.82, 2.24) is 9.36 Å². The van der Waals surface area contributed by atoms with E-state index in [4.69, 9.17) is 14.2 Å². The van der Waals surface area contributed by atoms with E-state index in [1.54, 1.807) is 33.5 Å². The molecule has 8 heteroatoms. The van der Waals surface area contributed by atoms with Crippen molar-refractivity contribution in [3.05, 3.63) is 48.0 Å². The molecule has 27 heavy (non-hydrogen) atoms. The third-order valence-corrected chi connectivity index (χ3v) is 4.47. The minimum atomic E-state index is -0.157. The molecule has 1 aromatic heterocycles. The van der Waals surface area contributed by atoms with Crippen molar-refractivity contribution in [2.75, 3.05) is 26.6 Å². The smallest absolute Gasteiger partial charge is 0.230 e. The highest BCUT2D eigenvalue weighted by Gasteiger charge is 2.13. The zero-order valence-electron chi connectivity index (χ0n) is 15.2. The summed E-state index contributed by atoms with van der Waals surface area (Å²) in [6.45, 7) is 0. The highest BCUT2D eigenvalue weighted by molar-refractivity contribution is 7.10. The van der Waals surface area contributed by atoms with E-state index >= 15 is 0 Å². The van der Waals surface area contributed by atoms with E-state index in [0.29, 0.717) is 22.5 Å². The van der Waals surface area contributed by atoms with Gasteiger partial charge in [-0.15, -0.1) is 0 Å². The molecule has 0 fully saturated rings. The van der Waals surface area contributed by atoms with Gasteiger partial charge in [0, 0.05) is 17.1 Å². The number of hydrogen-bond donors (Lipinski definition) is 1. The van der Waals surface area contributed by atoms with Gasteiger partial charge in [-0.3, -0.25) is 4.79 Å². The molecule has 0 unspecified atom stereocenters. The Balaban J connectivity index is 1.67. The van der Waals surface area contributed by atoms with Crippen molar-refractivity contribution in [2.45, 2.75) is 6.42 Å². The van der Waals surface area contributed by atoms with Crippen LogP contribution in [0.25, 0.3) is 11.4 Å². The Morgan fingerprint density at radius 3 is 2.41 bits per heavy atom. The van der Waals surface area contributed by atoms with Crippen molar-refractivity contribution in [3.63, 3.8) is 0 Å². The van der Waals surface area contributed by atoms with E-state index in [-0.39, 0.29) is 12.3 Å². The first-order chi connectivity index (χ1) is 13.1. The topological polar surface area (TPSA) is 82.6 Å². The summed E-state index contributed by atoms with van der Waals surface area (Å²) in [4.78, 5) is 16.6. The average molecular weight is 385 g/mol. The maximum absolute atomic E-state index is 12.2. The molecule has 1 amide bonds. The van der Waals surface area contributed by atoms with Crippen molar-refractivity contribution in [2.24, 2.45) is 0 Å². The van der Waals surface area contributed by atoms with E-state index in [9.17, 15) is 4.79 Å². The van der Waals surface area contributed by atoms with E-state index in [1.807, 2.05) is 30.3 Å². The first kappa shape index (κ1) is 18.7. The highest BCUT2D eigenvalue weighted by atomic mass is 32.1. The van der Waals surface area contributed by atoms with E-state index in [2.05, 4.69) is 14.7 Å². The molecule has 0 saturated carbocycles. The van der Waals surface area contributed by atoms with Crippen molar-refractivity contribution in [3.8, 4) is 28.6 Å². The molecule has 2 aromatic carbocycles. The quantitative estimate of drug-likeness (QED) is 0.671. The summed E-state index contributed by atoms with van der Waals surface area (Å²) in [7, 11) is 4.75. The van der Waals surface area contributed by atoms with Gasteiger partial charge in [0.1, 0.15) is 5.75 Å². The lowest BCUT2D eigenvalue weighted by Gasteiger charge is -2.07. The van der Waals surface area contributed by atoms with E-state index in [0.717, 1.165) is 28.4 Å². The van der Waals surface area contributed by atoms with Crippen LogP contribution in [0.2, 0.25) is 0 Å². The molecular formula is C19H19N3O4S. The van der Waals surface area contributed by atoms with Gasteiger partial charge in [0.25, 0.3) is 0 Å². The predicted octanol–water partition coefficient (Wildman–Crippen LogP) is 3.41. The number of nitrogens with one attached hydrogen (secondary N) is 1. The normalized spacial score (nSPS) is 10.3. The fourth-order valence-corrected chi connectivity index (χ4v) is 3.07. The lowest BCUT2D eigenvalue weighted by Crippen LogP contribution is -2.14. The first-order valence-corrected chi connectivity index (χ1v) is 8.89. The standard InChI is InChI=1S/C19H19N3O4S/c1-24-14-7-4-12(5-8-14)10-17(23)20-19-21-18(22-27-19)13-6-9-15(25-2)16(11-13)26-3/h4-9,11H,10H2,1-3H3,(H,20,21,22,23). The number of methoxy groups -OCH3 is 3. The number of nitrogens with zero attached hydrogens (tertiary/aromatic N) is 2. The summed E-state index contributed by atoms with van der Waals surface area (Å²) in [5.41, 5.74) is 1.66. The molecule has 1 N–H and O–H groups in total. The van der Waals surface area contributed by atoms with Crippen LogP contribution in [0.3, 0.4) is 0 Å². The van der Waals surface area contributed by atoms with Crippen LogP contribution in [0.5, 0.6) is 17.2 Å². The van der Waals surface area contributed by atoms with Gasteiger partial charge in [-0.25, -0.2) is 0 Å². The van der Waals surface area contributed by atoms with Crippen LogP contribution < -0.4 is 19.5 Å². The summed E-state index contributed by atoms with van der Waals surface area (Å²) in [6.07, 6.45) is 0.245. The number of amides is 1. The summed E-state index contributed by atoms with van der Waals surface area (Å²) in [5, 5.41) is 3.22. The van der Waals surface area contributed by atoms with Gasteiger partial charge in [0.05, 0.1) is 27.8 Å². The Labute approximate surface area is 161 Å². The second-order valence-electron chi connectivity index (χ2n) is 5.57. The van der Waals surface area contributed by atoms with Crippen LogP contribution in [-0.4, -0.2) is 36.6 Å². The average Bonchev–Trinajstić information content (AvgIpc) is 3.16. The fourth-order valence-electron chi connectivity index (χ4n) is 2.46. The van der Waals surface area contributed by atoms with Crippen LogP contribution >= 0.6 is 11.5 Å². The first-order valence-electron chi connectivity index (χ1n) is 8.12. The van der Waals surface area contributed by atoms with Crippen LogP contribution in [0.4, 0.5) is 5.13 Å². The summed E-state index contributed by atoms with van der Waals surface area (Å²) < 4.78 is 19.9. The van der Waals surface area contributed by atoms with Gasteiger partial charge in [-0.1, -0.05) is 12.1 Å². The Morgan fingerprint density at radius 1 is 1.00 bits per heavy atom. The van der Waals surface area contributed by atoms with Gasteiger partial charge in [-0.2, -0.15) is 9.36 Å². The predicted molar refractivity (Wildman–Crippen MR) is 104 cm³/mol. The number of carbonyl (C=O) groups excluding carboxylic acids is 1. The van der Waals surface area contributed by atoms with E-state index in [1.165, 1.54) is 0 Å². The van der Waals surface area contributed by atoms with Gasteiger partial charge in [0.15, 0.2) is 17.3 Å². The second kappa shape index (κ2) is 8.50. The minimum absolute atomic E-state index is 0.157. The number of aromatic nitrogens is 2. The number of benzene rings is 2. The van der Waals surface area contributed by atoms with Crippen molar-refractivity contribution in [1.29, 1.82) is 0 Å². The molecule has 0 saturated heterocycles. The second-order valence-corrected chi connectivity index (χ2v) is 6.32. The Morgan fingerprint density at radius 2 is 1.74 bits per heavy atom. The van der Waals surface area contributed by atoms with Gasteiger partial charge >= 0.3 is 0 Å². The fraction of sp³-hybridized carbons (Fsp3) is 0.211. The van der Waals surface area contributed by atoms with Crippen LogP contribution in [0.15, 0.2) is 42.5 Å². The van der Waals surface area contributed by atoms with Crippen LogP contribution in [-0.2, 0) is 11.2 Å². The van der Waals surface area contributed by atoms with Gasteiger partial charge in [-0.05, 0) is 35.9 Å². The number of hydrogen-bond acceptors (Lipinski definition) is 7. The molecular weight excluding hydrogens is 366 g/mol. The molecule has 3 aromatic rings. The van der Waals surface area contributed by atoms with Gasteiger partial charge < -0.3 is 19.5 Å². The Bertz CT molecular complexity index is 925. The van der Waals surface area contributed by atoms with E-state index < -0.39 is 0 Å². The van der Waals surface area contributed by atoms with Crippen LogP contribution in [0.1, 0.15) is 5.56 Å². The third-order valence-electron chi connectivity index (χ3n) is 3.84. The molecule has 1 heterocycles.